The highest BCUT2D eigenvalue weighted by Gasteiger charge is 2.58. The maximum Gasteiger partial charge on any atom is 0.331 e. The fourth-order valence-corrected chi connectivity index (χ4v) is 7.63. The molecule has 0 aliphatic heterocycles. The van der Waals surface area contributed by atoms with Crippen LogP contribution in [0.5, 0.6) is 0 Å². The number of hydrogen-bond donors (Lipinski definition) is 2. The average molecular weight is 483 g/mol. The van der Waals surface area contributed by atoms with E-state index in [4.69, 9.17) is 5.11 Å². The minimum absolute atomic E-state index is 0.0435. The van der Waals surface area contributed by atoms with Crippen LogP contribution in [0.15, 0.2) is 47.1 Å². The molecule has 192 valence electrons. The van der Waals surface area contributed by atoms with Crippen LogP contribution in [0, 0.1) is 34.0 Å². The van der Waals surface area contributed by atoms with Crippen molar-refractivity contribution < 1.29 is 24.6 Å². The summed E-state index contributed by atoms with van der Waals surface area (Å²) in [5.74, 6) is -1.36. The Kier molecular flexibility index (Phi) is 7.41. The molecule has 3 aliphatic rings. The number of carbonyl (C=O) groups is 3. The highest BCUT2D eigenvalue weighted by molar-refractivity contribution is 5.98. The molecule has 5 nitrogen and oxygen atoms in total. The second kappa shape index (κ2) is 9.55. The Morgan fingerprint density at radius 2 is 1.83 bits per heavy atom. The molecule has 35 heavy (non-hydrogen) atoms. The van der Waals surface area contributed by atoms with Crippen molar-refractivity contribution in [2.75, 3.05) is 0 Å². The first-order valence-electron chi connectivity index (χ1n) is 12.9. The molecule has 1 saturated carbocycles. The van der Waals surface area contributed by atoms with Gasteiger partial charge in [0.1, 0.15) is 0 Å². The average Bonchev–Trinajstić information content (AvgIpc) is 3.04. The SMILES string of the molecule is C=C(C)[C@H]1C=CC2=C3CC[C@@](C)([C@H](C)CC(=O)/C=C(\C)C(=O)O)[C@]3(C)CC[C@H]2[C@@]1(C)CCC(=O)O. The van der Waals surface area contributed by atoms with E-state index in [1.165, 1.54) is 24.1 Å². The lowest BCUT2D eigenvalue weighted by molar-refractivity contribution is -0.138. The van der Waals surface area contributed by atoms with Crippen LogP contribution in [-0.2, 0) is 14.4 Å². The Labute approximate surface area is 210 Å². The van der Waals surface area contributed by atoms with Gasteiger partial charge in [0.15, 0.2) is 5.78 Å². The highest BCUT2D eigenvalue weighted by Crippen LogP contribution is 2.68. The molecule has 0 aromatic rings. The normalized spacial score (nSPS) is 35.3. The predicted octanol–water partition coefficient (Wildman–Crippen LogP) is 6.76. The number of aliphatic carboxylic acids is 2. The number of allylic oxidation sites excluding steroid dienone is 6. The Morgan fingerprint density at radius 3 is 2.40 bits per heavy atom. The number of carboxylic acid groups (broad SMARTS) is 2. The Balaban J connectivity index is 1.97. The van der Waals surface area contributed by atoms with Crippen LogP contribution in [0.1, 0.15) is 86.5 Å². The summed E-state index contributed by atoms with van der Waals surface area (Å²) in [5.41, 5.74) is 3.73. The summed E-state index contributed by atoms with van der Waals surface area (Å²) in [6.45, 7) is 16.8. The fourth-order valence-electron chi connectivity index (χ4n) is 7.63. The van der Waals surface area contributed by atoms with Gasteiger partial charge in [-0.05, 0) is 85.7 Å². The molecule has 0 spiro atoms. The van der Waals surface area contributed by atoms with Gasteiger partial charge in [0, 0.05) is 24.3 Å². The van der Waals surface area contributed by atoms with Gasteiger partial charge in [-0.3, -0.25) is 9.59 Å². The molecule has 0 heterocycles. The molecule has 6 atom stereocenters. The molecule has 3 rings (SSSR count). The smallest absolute Gasteiger partial charge is 0.331 e. The maximum atomic E-state index is 12.7. The van der Waals surface area contributed by atoms with E-state index < -0.39 is 11.9 Å². The van der Waals surface area contributed by atoms with Gasteiger partial charge < -0.3 is 10.2 Å². The van der Waals surface area contributed by atoms with E-state index in [0.717, 1.165) is 31.3 Å². The number of hydrogen-bond acceptors (Lipinski definition) is 3. The van der Waals surface area contributed by atoms with E-state index in [0.29, 0.717) is 18.8 Å². The van der Waals surface area contributed by atoms with Gasteiger partial charge in [0.25, 0.3) is 0 Å². The molecule has 0 saturated heterocycles. The zero-order valence-corrected chi connectivity index (χ0v) is 22.2. The van der Waals surface area contributed by atoms with Gasteiger partial charge in [-0.2, -0.15) is 0 Å². The van der Waals surface area contributed by atoms with E-state index in [9.17, 15) is 19.5 Å². The molecule has 3 aliphatic carbocycles. The van der Waals surface area contributed by atoms with Crippen LogP contribution in [0.3, 0.4) is 0 Å². The quantitative estimate of drug-likeness (QED) is 0.280. The zero-order valence-electron chi connectivity index (χ0n) is 22.2. The summed E-state index contributed by atoms with van der Waals surface area (Å²) in [7, 11) is 0. The van der Waals surface area contributed by atoms with Gasteiger partial charge in [0.05, 0.1) is 0 Å². The summed E-state index contributed by atoms with van der Waals surface area (Å²) < 4.78 is 0. The van der Waals surface area contributed by atoms with Crippen molar-refractivity contribution in [1.29, 1.82) is 0 Å². The van der Waals surface area contributed by atoms with Gasteiger partial charge in [0.2, 0.25) is 0 Å². The van der Waals surface area contributed by atoms with Crippen molar-refractivity contribution in [2.45, 2.75) is 86.5 Å². The number of fused-ring (bicyclic) bond motifs is 2. The van der Waals surface area contributed by atoms with Gasteiger partial charge >= 0.3 is 11.9 Å². The number of carbonyl (C=O) groups excluding carboxylic acids is 1. The van der Waals surface area contributed by atoms with Crippen molar-refractivity contribution in [3.05, 3.63) is 47.1 Å². The van der Waals surface area contributed by atoms with Gasteiger partial charge in [-0.25, -0.2) is 4.79 Å². The molecule has 0 radical (unpaired) electrons. The van der Waals surface area contributed by atoms with Gasteiger partial charge in [-0.15, -0.1) is 0 Å². The van der Waals surface area contributed by atoms with E-state index in [1.54, 1.807) is 0 Å². The maximum absolute atomic E-state index is 12.7. The van der Waals surface area contributed by atoms with Crippen molar-refractivity contribution in [2.24, 2.45) is 34.0 Å². The first-order chi connectivity index (χ1) is 16.2. The summed E-state index contributed by atoms with van der Waals surface area (Å²) >= 11 is 0. The highest BCUT2D eigenvalue weighted by atomic mass is 16.4. The molecule has 5 heteroatoms. The molecule has 2 N–H and O–H groups in total. The van der Waals surface area contributed by atoms with E-state index in [-0.39, 0.29) is 45.9 Å². The molecular formula is C30H42O5. The largest absolute Gasteiger partial charge is 0.481 e. The molecule has 0 aromatic carbocycles. The third kappa shape index (κ3) is 4.59. The second-order valence-electron chi connectivity index (χ2n) is 12.1. The van der Waals surface area contributed by atoms with E-state index in [1.807, 2.05) is 6.92 Å². The Morgan fingerprint density at radius 1 is 1.17 bits per heavy atom. The molecule has 0 amide bonds. The predicted molar refractivity (Wildman–Crippen MR) is 138 cm³/mol. The summed E-state index contributed by atoms with van der Waals surface area (Å²) in [4.78, 5) is 35.3. The second-order valence-corrected chi connectivity index (χ2v) is 12.1. The lowest BCUT2D eigenvalue weighted by Crippen LogP contribution is -2.46. The molecule has 0 bridgehead atoms. The van der Waals surface area contributed by atoms with Crippen LogP contribution >= 0.6 is 0 Å². The minimum atomic E-state index is -1.06. The van der Waals surface area contributed by atoms with Crippen LogP contribution in [0.4, 0.5) is 0 Å². The van der Waals surface area contributed by atoms with Crippen molar-refractivity contribution in [1.82, 2.24) is 0 Å². The number of carboxylic acids is 2. The zero-order chi connectivity index (χ0) is 26.3. The van der Waals surface area contributed by atoms with Gasteiger partial charge in [-0.1, -0.05) is 57.6 Å². The third-order valence-electron chi connectivity index (χ3n) is 10.2. The standard InChI is InChI=1S/C30H42O5/c1-18(2)23-9-8-22-24(28(23,5)13-12-26(32)33)10-15-30(7)25(22)11-14-29(30,6)20(4)17-21(31)16-19(3)27(34)35/h8-9,16,20,23-24H,1,10-15,17H2,2-7H3,(H,32,33)(H,34,35)/b19-16+/t20-,23-,24-,28+,29+,30-/m1/s1. The van der Waals surface area contributed by atoms with E-state index >= 15 is 0 Å². The van der Waals surface area contributed by atoms with Crippen LogP contribution in [-0.4, -0.2) is 27.9 Å². The topological polar surface area (TPSA) is 91.7 Å². The lowest BCUT2D eigenvalue weighted by atomic mass is 9.49. The summed E-state index contributed by atoms with van der Waals surface area (Å²) in [6.07, 6.45) is 10.9. The fraction of sp³-hybridized carbons (Fsp3) is 0.633. The van der Waals surface area contributed by atoms with E-state index in [2.05, 4.69) is 46.4 Å². The third-order valence-corrected chi connectivity index (χ3v) is 10.2. The summed E-state index contributed by atoms with van der Waals surface area (Å²) in [5, 5.41) is 18.6. The molecular weight excluding hydrogens is 440 g/mol. The van der Waals surface area contributed by atoms with Crippen LogP contribution < -0.4 is 0 Å². The molecule has 1 fully saturated rings. The first kappa shape index (κ1) is 27.2. The number of ketones is 1. The van der Waals surface area contributed by atoms with Crippen LogP contribution in [0.25, 0.3) is 0 Å². The Bertz CT molecular complexity index is 1030. The Hall–Kier alpha value is -2.43. The summed E-state index contributed by atoms with van der Waals surface area (Å²) in [6, 6.07) is 0. The molecule has 0 unspecified atom stereocenters. The lowest BCUT2D eigenvalue weighted by Gasteiger charge is -2.55. The first-order valence-corrected chi connectivity index (χ1v) is 12.9. The minimum Gasteiger partial charge on any atom is -0.481 e. The van der Waals surface area contributed by atoms with Crippen molar-refractivity contribution in [3.63, 3.8) is 0 Å². The molecule has 0 aromatic heterocycles. The van der Waals surface area contributed by atoms with Crippen molar-refractivity contribution in [3.8, 4) is 0 Å². The van der Waals surface area contributed by atoms with Crippen LogP contribution in [0.2, 0.25) is 0 Å². The monoisotopic (exact) mass is 482 g/mol. The number of rotatable bonds is 9. The van der Waals surface area contributed by atoms with Crippen molar-refractivity contribution >= 4 is 17.7 Å².